The first kappa shape index (κ1) is 21.5. The number of nitrogens with zero attached hydrogens (tertiary/aromatic N) is 2. The first-order valence-electron chi connectivity index (χ1n) is 10.1. The molecule has 4 aromatic rings. The number of rotatable bonds is 6. The zero-order valence-corrected chi connectivity index (χ0v) is 18.5. The molecule has 2 amide bonds. The maximum Gasteiger partial charge on any atom is 0.262 e. The number of nitrogens with one attached hydrogen (secondary N) is 2. The zero-order chi connectivity index (χ0) is 22.7. The van der Waals surface area contributed by atoms with Gasteiger partial charge in [-0.25, -0.2) is 4.98 Å². The molecular formula is C24H22N4O3S. The topological polar surface area (TPSA) is 93.1 Å². The standard InChI is InChI=1S/C24H22N4O3S/c1-15-6-8-17(9-7-15)20-13-32-23-22(20)24(31)28(14-25-23)11-10-21(30)27-19-5-3-4-18(12-19)26-16(2)29/h3-9,12-14H,10-11H2,1-2H3,(H,26,29)(H,27,30). The van der Waals surface area contributed by atoms with Gasteiger partial charge in [0.25, 0.3) is 5.56 Å². The van der Waals surface area contributed by atoms with Gasteiger partial charge in [-0.15, -0.1) is 11.3 Å². The molecule has 0 spiro atoms. The second-order valence-electron chi connectivity index (χ2n) is 7.50. The number of hydrogen-bond donors (Lipinski definition) is 2. The SMILES string of the molecule is CC(=O)Nc1cccc(NC(=O)CCn2cnc3scc(-c4ccc(C)cc4)c3c2=O)c1. The summed E-state index contributed by atoms with van der Waals surface area (Å²) in [6.45, 7) is 3.65. The molecule has 0 fully saturated rings. The van der Waals surface area contributed by atoms with Crippen molar-refractivity contribution in [1.82, 2.24) is 9.55 Å². The summed E-state index contributed by atoms with van der Waals surface area (Å²) in [5.41, 5.74) is 3.99. The van der Waals surface area contributed by atoms with Crippen LogP contribution >= 0.6 is 11.3 Å². The molecule has 162 valence electrons. The van der Waals surface area contributed by atoms with Gasteiger partial charge in [0.1, 0.15) is 4.83 Å². The largest absolute Gasteiger partial charge is 0.326 e. The number of carbonyl (C=O) groups is 2. The van der Waals surface area contributed by atoms with E-state index in [0.717, 1.165) is 16.7 Å². The summed E-state index contributed by atoms with van der Waals surface area (Å²) >= 11 is 1.43. The molecule has 2 N–H and O–H groups in total. The van der Waals surface area contributed by atoms with Crippen LogP contribution in [0.25, 0.3) is 21.3 Å². The molecule has 0 unspecified atom stereocenters. The normalized spacial score (nSPS) is 10.8. The predicted molar refractivity (Wildman–Crippen MR) is 128 cm³/mol. The molecule has 0 radical (unpaired) electrons. The quantitative estimate of drug-likeness (QED) is 0.458. The van der Waals surface area contributed by atoms with Gasteiger partial charge < -0.3 is 10.6 Å². The molecule has 4 rings (SSSR count). The van der Waals surface area contributed by atoms with Gasteiger partial charge in [-0.2, -0.15) is 0 Å². The van der Waals surface area contributed by atoms with Crippen molar-refractivity contribution in [3.63, 3.8) is 0 Å². The molecule has 2 aromatic heterocycles. The molecule has 0 bridgehead atoms. The Morgan fingerprint density at radius 1 is 1.06 bits per heavy atom. The minimum atomic E-state index is -0.235. The van der Waals surface area contributed by atoms with E-state index in [0.29, 0.717) is 21.6 Å². The summed E-state index contributed by atoms with van der Waals surface area (Å²) in [6.07, 6.45) is 1.60. The van der Waals surface area contributed by atoms with Crippen LogP contribution in [0, 0.1) is 6.92 Å². The van der Waals surface area contributed by atoms with E-state index in [1.54, 1.807) is 24.3 Å². The molecule has 0 atom stereocenters. The molecule has 7 nitrogen and oxygen atoms in total. The maximum atomic E-state index is 13.1. The van der Waals surface area contributed by atoms with E-state index < -0.39 is 0 Å². The van der Waals surface area contributed by atoms with E-state index in [9.17, 15) is 14.4 Å². The van der Waals surface area contributed by atoms with Crippen LogP contribution in [0.2, 0.25) is 0 Å². The molecule has 32 heavy (non-hydrogen) atoms. The maximum absolute atomic E-state index is 13.1. The fourth-order valence-corrected chi connectivity index (χ4v) is 4.30. The number of aromatic nitrogens is 2. The van der Waals surface area contributed by atoms with Crippen LogP contribution in [0.4, 0.5) is 11.4 Å². The van der Waals surface area contributed by atoms with Crippen molar-refractivity contribution in [1.29, 1.82) is 0 Å². The Morgan fingerprint density at radius 2 is 1.78 bits per heavy atom. The lowest BCUT2D eigenvalue weighted by Gasteiger charge is -2.09. The van der Waals surface area contributed by atoms with Crippen molar-refractivity contribution < 1.29 is 9.59 Å². The smallest absolute Gasteiger partial charge is 0.262 e. The van der Waals surface area contributed by atoms with Crippen molar-refractivity contribution in [2.24, 2.45) is 0 Å². The monoisotopic (exact) mass is 446 g/mol. The van der Waals surface area contributed by atoms with Crippen LogP contribution in [0.5, 0.6) is 0 Å². The van der Waals surface area contributed by atoms with E-state index in [2.05, 4.69) is 15.6 Å². The average molecular weight is 447 g/mol. The first-order valence-corrected chi connectivity index (χ1v) is 11.0. The number of benzene rings is 2. The third kappa shape index (κ3) is 4.76. The van der Waals surface area contributed by atoms with Crippen LogP contribution in [0.3, 0.4) is 0 Å². The summed E-state index contributed by atoms with van der Waals surface area (Å²) in [7, 11) is 0. The van der Waals surface area contributed by atoms with Gasteiger partial charge in [0.15, 0.2) is 0 Å². The summed E-state index contributed by atoms with van der Waals surface area (Å²) in [4.78, 5) is 41.9. The van der Waals surface area contributed by atoms with Gasteiger partial charge in [0.2, 0.25) is 11.8 Å². The lowest BCUT2D eigenvalue weighted by atomic mass is 10.1. The van der Waals surface area contributed by atoms with Crippen molar-refractivity contribution in [3.8, 4) is 11.1 Å². The van der Waals surface area contributed by atoms with Crippen LogP contribution in [0.1, 0.15) is 18.9 Å². The minimum absolute atomic E-state index is 0.113. The second-order valence-corrected chi connectivity index (χ2v) is 8.36. The van der Waals surface area contributed by atoms with Crippen LogP contribution in [-0.4, -0.2) is 21.4 Å². The van der Waals surface area contributed by atoms with Crippen LogP contribution in [0.15, 0.2) is 65.0 Å². The fourth-order valence-electron chi connectivity index (χ4n) is 3.40. The molecule has 0 aliphatic rings. The van der Waals surface area contributed by atoms with E-state index in [1.165, 1.54) is 29.2 Å². The van der Waals surface area contributed by atoms with Gasteiger partial charge in [0, 0.05) is 42.2 Å². The number of hydrogen-bond acceptors (Lipinski definition) is 5. The fraction of sp³-hybridized carbons (Fsp3) is 0.167. The Hall–Kier alpha value is -3.78. The van der Waals surface area contributed by atoms with Crippen molar-refractivity contribution >= 4 is 44.7 Å². The van der Waals surface area contributed by atoms with Crippen LogP contribution in [-0.2, 0) is 16.1 Å². The molecule has 0 saturated heterocycles. The van der Waals surface area contributed by atoms with Gasteiger partial charge >= 0.3 is 0 Å². The Morgan fingerprint density at radius 3 is 2.50 bits per heavy atom. The Bertz CT molecular complexity index is 1360. The van der Waals surface area contributed by atoms with E-state index in [1.807, 2.05) is 36.6 Å². The van der Waals surface area contributed by atoms with Crippen molar-refractivity contribution in [2.45, 2.75) is 26.8 Å². The number of carbonyl (C=O) groups excluding carboxylic acids is 2. The highest BCUT2D eigenvalue weighted by atomic mass is 32.1. The molecule has 0 saturated carbocycles. The molecule has 2 aromatic carbocycles. The highest BCUT2D eigenvalue weighted by Gasteiger charge is 2.14. The van der Waals surface area contributed by atoms with Gasteiger partial charge in [-0.1, -0.05) is 35.9 Å². The third-order valence-electron chi connectivity index (χ3n) is 4.97. The van der Waals surface area contributed by atoms with Gasteiger partial charge in [0.05, 0.1) is 11.7 Å². The second kappa shape index (κ2) is 9.15. The van der Waals surface area contributed by atoms with E-state index in [-0.39, 0.29) is 30.3 Å². The lowest BCUT2D eigenvalue weighted by Crippen LogP contribution is -2.23. The van der Waals surface area contributed by atoms with Crippen LogP contribution < -0.4 is 16.2 Å². The van der Waals surface area contributed by atoms with Gasteiger partial charge in [-0.3, -0.25) is 19.0 Å². The summed E-state index contributed by atoms with van der Waals surface area (Å²) in [5.74, 6) is -0.421. The predicted octanol–water partition coefficient (Wildman–Crippen LogP) is 4.42. The summed E-state index contributed by atoms with van der Waals surface area (Å²) < 4.78 is 1.47. The summed E-state index contributed by atoms with van der Waals surface area (Å²) in [5, 5.41) is 7.99. The first-order chi connectivity index (χ1) is 15.4. The Labute approximate surface area is 188 Å². The Kier molecular flexibility index (Phi) is 6.13. The number of fused-ring (bicyclic) bond motifs is 1. The number of anilines is 2. The summed E-state index contributed by atoms with van der Waals surface area (Å²) in [6, 6.07) is 14.9. The molecule has 0 aliphatic heterocycles. The molecule has 8 heteroatoms. The van der Waals surface area contributed by atoms with E-state index >= 15 is 0 Å². The molecular weight excluding hydrogens is 424 g/mol. The number of thiophene rings is 1. The van der Waals surface area contributed by atoms with E-state index in [4.69, 9.17) is 0 Å². The van der Waals surface area contributed by atoms with Crippen molar-refractivity contribution in [2.75, 3.05) is 10.6 Å². The Balaban J connectivity index is 1.50. The third-order valence-corrected chi connectivity index (χ3v) is 5.86. The number of amides is 2. The van der Waals surface area contributed by atoms with Crippen molar-refractivity contribution in [3.05, 3.63) is 76.2 Å². The average Bonchev–Trinajstić information content (AvgIpc) is 3.18. The number of aryl methyl sites for hydroxylation is 2. The highest BCUT2D eigenvalue weighted by Crippen LogP contribution is 2.30. The molecule has 0 aliphatic carbocycles. The van der Waals surface area contributed by atoms with Gasteiger partial charge in [-0.05, 0) is 30.7 Å². The minimum Gasteiger partial charge on any atom is -0.326 e. The zero-order valence-electron chi connectivity index (χ0n) is 17.7. The highest BCUT2D eigenvalue weighted by molar-refractivity contribution is 7.17. The lowest BCUT2D eigenvalue weighted by molar-refractivity contribution is -0.116. The molecule has 2 heterocycles.